The summed E-state index contributed by atoms with van der Waals surface area (Å²) in [4.78, 5) is 10.3. The number of carboxylic acids is 1. The molecule has 1 unspecified atom stereocenters. The Balaban J connectivity index is 3.77. The van der Waals surface area contributed by atoms with Crippen molar-refractivity contribution >= 4 is 28.8 Å². The van der Waals surface area contributed by atoms with Gasteiger partial charge in [-0.15, -0.1) is 0 Å². The van der Waals surface area contributed by atoms with Crippen LogP contribution in [0.5, 0.6) is 0 Å². The van der Waals surface area contributed by atoms with Crippen LogP contribution in [0.15, 0.2) is 0 Å². The molecule has 8 heteroatoms. The van der Waals surface area contributed by atoms with Gasteiger partial charge in [-0.3, -0.25) is 4.79 Å². The van der Waals surface area contributed by atoms with Gasteiger partial charge in [0.2, 0.25) is 22.8 Å². The van der Waals surface area contributed by atoms with Crippen LogP contribution in [0.3, 0.4) is 0 Å². The fourth-order valence-electron chi connectivity index (χ4n) is 1.18. The zero-order chi connectivity index (χ0) is 12.2. The molecule has 6 nitrogen and oxygen atoms in total. The molecule has 0 heterocycles. The highest BCUT2D eigenvalue weighted by atomic mass is 32.1. The van der Waals surface area contributed by atoms with Crippen LogP contribution in [0.1, 0.15) is 32.1 Å². The average molecular weight is 266 g/mol. The molecule has 92 valence electrons. The summed E-state index contributed by atoms with van der Waals surface area (Å²) in [5.41, 5.74) is 0. The van der Waals surface area contributed by atoms with Crippen molar-refractivity contribution in [3.8, 4) is 0 Å². The Bertz CT molecular complexity index is 328. The lowest BCUT2D eigenvalue weighted by Gasteiger charge is -2.01. The van der Waals surface area contributed by atoms with Crippen LogP contribution in [0, 0.1) is 10.4 Å². The molecule has 0 radical (unpaired) electrons. The standard InChI is InChI=1S/C8H14N2O4S2/c11-8(12)4-2-1-3-7(16-10-14)5-6-15-9-13/h7H,1-6H2,(H,11,12). The second-order valence-electron chi connectivity index (χ2n) is 3.14. The first-order valence-electron chi connectivity index (χ1n) is 4.85. The first-order valence-corrected chi connectivity index (χ1v) is 6.63. The molecule has 0 saturated heterocycles. The number of carboxylic acid groups (broad SMARTS) is 1. The molecule has 0 spiro atoms. The van der Waals surface area contributed by atoms with Crippen molar-refractivity contribution in [1.29, 1.82) is 0 Å². The van der Waals surface area contributed by atoms with Gasteiger partial charge in [0.1, 0.15) is 5.25 Å². The van der Waals surface area contributed by atoms with Gasteiger partial charge in [0.25, 0.3) is 0 Å². The third-order valence-electron chi connectivity index (χ3n) is 1.94. The Morgan fingerprint density at radius 1 is 1.25 bits per heavy atom. The van der Waals surface area contributed by atoms with Gasteiger partial charge in [-0.05, 0) is 28.0 Å². The Kier molecular flexibility index (Phi) is 10.3. The Morgan fingerprint density at radius 2 is 2.00 bits per heavy atom. The summed E-state index contributed by atoms with van der Waals surface area (Å²) in [7, 11) is 0. The highest BCUT2D eigenvalue weighted by molar-refractivity contribution is 7.89. The number of hydrogen-bond donors (Lipinski definition) is 1. The van der Waals surface area contributed by atoms with E-state index in [1.54, 1.807) is 0 Å². The van der Waals surface area contributed by atoms with E-state index in [1.807, 2.05) is 0 Å². The average Bonchev–Trinajstić information content (AvgIpc) is 2.24. The molecule has 0 aliphatic heterocycles. The van der Waals surface area contributed by atoms with E-state index in [1.165, 1.54) is 0 Å². The molecular formula is C8H14N2O4S2. The van der Waals surface area contributed by atoms with E-state index >= 15 is 0 Å². The molecule has 0 aliphatic carbocycles. The zero-order valence-corrected chi connectivity index (χ0v) is 10.3. The van der Waals surface area contributed by atoms with Crippen LogP contribution >= 0.6 is 22.8 Å². The van der Waals surface area contributed by atoms with Crippen LogP contribution in [-0.4, -0.2) is 22.1 Å². The van der Waals surface area contributed by atoms with Crippen molar-refractivity contribution in [2.75, 3.05) is 5.75 Å². The maximum atomic E-state index is 10.3. The highest BCUT2D eigenvalue weighted by Crippen LogP contribution is 2.16. The normalized spacial score (nSPS) is 11.1. The summed E-state index contributed by atoms with van der Waals surface area (Å²) >= 11 is 1.88. The van der Waals surface area contributed by atoms with E-state index in [9.17, 15) is 15.2 Å². The molecule has 0 saturated carbocycles. The minimum absolute atomic E-state index is 0.0561. The first kappa shape index (κ1) is 15.2. The number of aliphatic carboxylic acids is 1. The molecule has 1 N–H and O–H groups in total. The monoisotopic (exact) mass is 266 g/mol. The molecule has 0 aliphatic rings. The van der Waals surface area contributed by atoms with Gasteiger partial charge in [0.15, 0.2) is 0 Å². The van der Waals surface area contributed by atoms with Crippen LogP contribution in [0.2, 0.25) is 0 Å². The Morgan fingerprint density at radius 3 is 2.56 bits per heavy atom. The largest absolute Gasteiger partial charge is 0.481 e. The molecule has 0 bridgehead atoms. The minimum Gasteiger partial charge on any atom is -0.481 e. The molecule has 1 atom stereocenters. The quantitative estimate of drug-likeness (QED) is 0.564. The minimum atomic E-state index is -0.807. The number of rotatable bonds is 7. The van der Waals surface area contributed by atoms with E-state index in [2.05, 4.69) is 8.71 Å². The second kappa shape index (κ2) is 10.8. The van der Waals surface area contributed by atoms with Crippen molar-refractivity contribution < 1.29 is 9.90 Å². The predicted octanol–water partition coefficient (Wildman–Crippen LogP) is 3.43. The van der Waals surface area contributed by atoms with Crippen molar-refractivity contribution in [2.45, 2.75) is 37.4 Å². The fourth-order valence-corrected chi connectivity index (χ4v) is 2.41. The summed E-state index contributed by atoms with van der Waals surface area (Å²) in [5, 5.41) is 28.4. The maximum Gasteiger partial charge on any atom is 0.303 e. The van der Waals surface area contributed by atoms with E-state index in [-0.39, 0.29) is 11.7 Å². The predicted molar refractivity (Wildman–Crippen MR) is 68.0 cm³/mol. The van der Waals surface area contributed by atoms with Crippen LogP contribution in [0.4, 0.5) is 0 Å². The van der Waals surface area contributed by atoms with E-state index < -0.39 is 5.97 Å². The molecule has 16 heavy (non-hydrogen) atoms. The Labute approximate surface area is 101 Å². The van der Waals surface area contributed by atoms with Crippen molar-refractivity contribution in [1.82, 2.24) is 0 Å². The third-order valence-corrected chi connectivity index (χ3v) is 3.32. The lowest BCUT2D eigenvalue weighted by molar-refractivity contribution is -0.137. The Hall–Kier alpha value is -0.750. The summed E-state index contributed by atoms with van der Waals surface area (Å²) in [5.74, 6) is -0.242. The van der Waals surface area contributed by atoms with Gasteiger partial charge in [-0.25, -0.2) is 0 Å². The lowest BCUT2D eigenvalue weighted by atomic mass is 10.1. The van der Waals surface area contributed by atoms with Crippen molar-refractivity contribution in [2.24, 2.45) is 0 Å². The smallest absolute Gasteiger partial charge is 0.303 e. The zero-order valence-electron chi connectivity index (χ0n) is 8.70. The van der Waals surface area contributed by atoms with Gasteiger partial charge in [-0.1, -0.05) is 6.42 Å². The molecule has 0 aromatic carbocycles. The highest BCUT2D eigenvalue weighted by Gasteiger charge is 2.11. The number of unbranched alkanes of at least 4 members (excludes halogenated alkanes) is 1. The first-order chi connectivity index (χ1) is 7.70. The fraction of sp³-hybridized carbons (Fsp3) is 0.875. The number of hydrogen-bond acceptors (Lipinski definition) is 3. The van der Waals surface area contributed by atoms with Crippen molar-refractivity contribution in [3.63, 3.8) is 0 Å². The lowest BCUT2D eigenvalue weighted by Crippen LogP contribution is -2.01. The van der Waals surface area contributed by atoms with E-state index in [0.717, 1.165) is 35.6 Å². The van der Waals surface area contributed by atoms with E-state index in [4.69, 9.17) is 5.11 Å². The third kappa shape index (κ3) is 9.79. The van der Waals surface area contributed by atoms with E-state index in [0.29, 0.717) is 18.6 Å². The topological polar surface area (TPSA) is 92.1 Å². The van der Waals surface area contributed by atoms with Crippen LogP contribution < -0.4 is 0 Å². The van der Waals surface area contributed by atoms with Gasteiger partial charge < -0.3 is 15.5 Å². The van der Waals surface area contributed by atoms with Crippen molar-refractivity contribution in [3.05, 3.63) is 19.1 Å². The van der Waals surface area contributed by atoms with Gasteiger partial charge in [0, 0.05) is 6.42 Å². The summed E-state index contributed by atoms with van der Waals surface area (Å²) in [6.07, 6.45) is 2.92. The summed E-state index contributed by atoms with van der Waals surface area (Å²) < 4.78 is 5.42. The SMILES string of the molecule is O=C(O)CCCCC(CCS#[N+][O-])S#[N+][O-]. The molecular weight excluding hydrogens is 252 g/mol. The summed E-state index contributed by atoms with van der Waals surface area (Å²) in [6, 6.07) is 0. The van der Waals surface area contributed by atoms with Crippen LogP contribution in [-0.2, 0) is 4.79 Å². The second-order valence-corrected chi connectivity index (χ2v) is 4.98. The summed E-state index contributed by atoms with van der Waals surface area (Å²) in [6.45, 7) is 0. The molecule has 0 aromatic rings. The molecule has 0 aromatic heterocycles. The van der Waals surface area contributed by atoms with Gasteiger partial charge >= 0.3 is 5.97 Å². The van der Waals surface area contributed by atoms with Gasteiger partial charge in [0.05, 0.1) is 5.75 Å². The number of nitrogens with zero attached hydrogens (tertiary/aromatic N) is 2. The molecule has 0 fully saturated rings. The van der Waals surface area contributed by atoms with Gasteiger partial charge in [-0.2, -0.15) is 0 Å². The molecule has 0 amide bonds. The maximum absolute atomic E-state index is 10.3. The molecule has 0 rings (SSSR count). The number of carbonyl (C=O) groups is 1. The van der Waals surface area contributed by atoms with Crippen LogP contribution in [0.25, 0.3) is 8.71 Å².